The maximum atomic E-state index is 12.3. The van der Waals surface area contributed by atoms with Crippen molar-refractivity contribution in [3.8, 4) is 17.1 Å². The third-order valence-corrected chi connectivity index (χ3v) is 5.77. The Morgan fingerprint density at radius 3 is 2.69 bits per heavy atom. The lowest BCUT2D eigenvalue weighted by Gasteiger charge is -2.12. The Kier molecular flexibility index (Phi) is 6.27. The lowest BCUT2D eigenvalue weighted by molar-refractivity contribution is -0.119. The van der Waals surface area contributed by atoms with Crippen LogP contribution in [-0.2, 0) is 9.53 Å². The van der Waals surface area contributed by atoms with Gasteiger partial charge in [-0.05, 0) is 31.9 Å². The summed E-state index contributed by atoms with van der Waals surface area (Å²) in [7, 11) is 0. The molecule has 1 aliphatic rings. The van der Waals surface area contributed by atoms with Crippen LogP contribution in [0.25, 0.3) is 17.1 Å². The minimum Gasteiger partial charge on any atom is -0.376 e. The van der Waals surface area contributed by atoms with Crippen LogP contribution in [0.15, 0.2) is 59.8 Å². The fraction of sp³-hybridized carbons (Fsp3) is 0.318. The Balaban J connectivity index is 1.52. The molecule has 1 fully saturated rings. The summed E-state index contributed by atoms with van der Waals surface area (Å²) in [4.78, 5) is 12.3. The summed E-state index contributed by atoms with van der Waals surface area (Å²) in [5.41, 5.74) is 3.14. The number of aromatic nitrogens is 3. The van der Waals surface area contributed by atoms with E-state index in [0.717, 1.165) is 36.5 Å². The van der Waals surface area contributed by atoms with Crippen molar-refractivity contribution in [2.75, 3.05) is 18.9 Å². The smallest absolute Gasteiger partial charge is 0.230 e. The zero-order valence-electron chi connectivity index (χ0n) is 16.4. The van der Waals surface area contributed by atoms with E-state index in [1.165, 1.54) is 17.3 Å². The van der Waals surface area contributed by atoms with Crippen molar-refractivity contribution in [1.82, 2.24) is 20.1 Å². The average Bonchev–Trinajstić information content (AvgIpc) is 3.42. The Hall–Kier alpha value is -2.64. The van der Waals surface area contributed by atoms with Gasteiger partial charge in [0.25, 0.3) is 0 Å². The summed E-state index contributed by atoms with van der Waals surface area (Å²) in [5.74, 6) is 1.02. The van der Waals surface area contributed by atoms with Gasteiger partial charge in [0.05, 0.1) is 11.9 Å². The quantitative estimate of drug-likeness (QED) is 0.605. The fourth-order valence-corrected chi connectivity index (χ4v) is 4.06. The van der Waals surface area contributed by atoms with E-state index in [1.807, 2.05) is 47.0 Å². The van der Waals surface area contributed by atoms with E-state index in [-0.39, 0.29) is 17.8 Å². The zero-order valence-corrected chi connectivity index (χ0v) is 17.2. The number of benzene rings is 2. The number of aryl methyl sites for hydroxylation is 1. The van der Waals surface area contributed by atoms with Gasteiger partial charge in [0, 0.05) is 24.4 Å². The van der Waals surface area contributed by atoms with Crippen molar-refractivity contribution in [1.29, 1.82) is 0 Å². The standard InChI is InChI=1S/C22H24N4O2S/c1-16-9-11-18(12-10-16)26-21(17-6-3-2-4-7-17)24-25-22(26)29-15-20(27)23-14-19-8-5-13-28-19/h2-4,6-7,9-12,19H,5,8,13-15H2,1H3,(H,23,27). The number of carbonyl (C=O) groups is 1. The molecule has 4 rings (SSSR count). The van der Waals surface area contributed by atoms with E-state index in [0.29, 0.717) is 11.7 Å². The van der Waals surface area contributed by atoms with Crippen molar-refractivity contribution in [3.05, 3.63) is 60.2 Å². The first-order valence-electron chi connectivity index (χ1n) is 9.79. The van der Waals surface area contributed by atoms with Gasteiger partial charge < -0.3 is 10.1 Å². The van der Waals surface area contributed by atoms with E-state index in [4.69, 9.17) is 4.74 Å². The molecule has 0 radical (unpaired) electrons. The molecule has 0 bridgehead atoms. The van der Waals surface area contributed by atoms with Crippen molar-refractivity contribution in [2.45, 2.75) is 31.0 Å². The van der Waals surface area contributed by atoms with Crippen LogP contribution in [0.3, 0.4) is 0 Å². The van der Waals surface area contributed by atoms with Crippen molar-refractivity contribution in [3.63, 3.8) is 0 Å². The topological polar surface area (TPSA) is 69.0 Å². The Labute approximate surface area is 174 Å². The van der Waals surface area contributed by atoms with Gasteiger partial charge >= 0.3 is 0 Å². The Morgan fingerprint density at radius 1 is 1.17 bits per heavy atom. The lowest BCUT2D eigenvalue weighted by Crippen LogP contribution is -2.32. The minimum atomic E-state index is -0.0229. The number of hydrogen-bond donors (Lipinski definition) is 1. The molecule has 2 aromatic carbocycles. The fourth-order valence-electron chi connectivity index (χ4n) is 3.28. The van der Waals surface area contributed by atoms with E-state index in [9.17, 15) is 4.79 Å². The summed E-state index contributed by atoms with van der Waals surface area (Å²) in [6, 6.07) is 18.2. The van der Waals surface area contributed by atoms with Gasteiger partial charge in [-0.25, -0.2) is 0 Å². The minimum absolute atomic E-state index is 0.0229. The number of carbonyl (C=O) groups excluding carboxylic acids is 1. The van der Waals surface area contributed by atoms with Crippen LogP contribution >= 0.6 is 11.8 Å². The predicted molar refractivity (Wildman–Crippen MR) is 114 cm³/mol. The molecule has 1 N–H and O–H groups in total. The van der Waals surface area contributed by atoms with Gasteiger partial charge in [-0.15, -0.1) is 10.2 Å². The zero-order chi connectivity index (χ0) is 20.1. The summed E-state index contributed by atoms with van der Waals surface area (Å²) in [6.45, 7) is 3.42. The highest BCUT2D eigenvalue weighted by molar-refractivity contribution is 7.99. The molecular formula is C22H24N4O2S. The third kappa shape index (κ3) is 4.86. The summed E-state index contributed by atoms with van der Waals surface area (Å²) >= 11 is 1.39. The monoisotopic (exact) mass is 408 g/mol. The molecule has 1 atom stereocenters. The first-order valence-corrected chi connectivity index (χ1v) is 10.8. The first kappa shape index (κ1) is 19.7. The third-order valence-electron chi connectivity index (χ3n) is 4.84. The van der Waals surface area contributed by atoms with Gasteiger partial charge in [0.15, 0.2) is 11.0 Å². The molecule has 3 aromatic rings. The summed E-state index contributed by atoms with van der Waals surface area (Å²) in [6.07, 6.45) is 2.22. The van der Waals surface area contributed by atoms with Crippen LogP contribution in [0.2, 0.25) is 0 Å². The second-order valence-electron chi connectivity index (χ2n) is 7.07. The molecule has 1 aromatic heterocycles. The second-order valence-corrected chi connectivity index (χ2v) is 8.01. The molecule has 6 nitrogen and oxygen atoms in total. The number of thioether (sulfide) groups is 1. The Morgan fingerprint density at radius 2 is 1.97 bits per heavy atom. The molecule has 29 heavy (non-hydrogen) atoms. The molecule has 0 spiro atoms. The van der Waals surface area contributed by atoms with Crippen LogP contribution in [0.5, 0.6) is 0 Å². The molecule has 1 amide bonds. The molecule has 1 aliphatic heterocycles. The highest BCUT2D eigenvalue weighted by atomic mass is 32.2. The number of rotatable bonds is 7. The molecule has 7 heteroatoms. The van der Waals surface area contributed by atoms with E-state index < -0.39 is 0 Å². The molecule has 0 saturated carbocycles. The van der Waals surface area contributed by atoms with Crippen LogP contribution < -0.4 is 5.32 Å². The van der Waals surface area contributed by atoms with Crippen LogP contribution in [0.1, 0.15) is 18.4 Å². The molecule has 0 aliphatic carbocycles. The van der Waals surface area contributed by atoms with Crippen molar-refractivity contribution < 1.29 is 9.53 Å². The SMILES string of the molecule is Cc1ccc(-n2c(SCC(=O)NCC3CCCO3)nnc2-c2ccccc2)cc1. The van der Waals surface area contributed by atoms with Gasteiger partial charge in [0.1, 0.15) is 0 Å². The second kappa shape index (κ2) is 9.24. The molecular weight excluding hydrogens is 384 g/mol. The van der Waals surface area contributed by atoms with E-state index >= 15 is 0 Å². The highest BCUT2D eigenvalue weighted by Crippen LogP contribution is 2.28. The maximum absolute atomic E-state index is 12.3. The van der Waals surface area contributed by atoms with Crippen molar-refractivity contribution in [2.24, 2.45) is 0 Å². The normalized spacial score (nSPS) is 16.1. The van der Waals surface area contributed by atoms with E-state index in [2.05, 4.69) is 34.6 Å². The molecule has 1 saturated heterocycles. The number of nitrogens with zero attached hydrogens (tertiary/aromatic N) is 3. The van der Waals surface area contributed by atoms with Crippen molar-refractivity contribution >= 4 is 17.7 Å². The number of nitrogens with one attached hydrogen (secondary N) is 1. The summed E-state index contributed by atoms with van der Waals surface area (Å²) < 4.78 is 7.56. The summed E-state index contributed by atoms with van der Waals surface area (Å²) in [5, 5.41) is 12.4. The predicted octanol–water partition coefficient (Wildman–Crippen LogP) is 3.63. The van der Waals surface area contributed by atoms with Gasteiger partial charge in [-0.2, -0.15) is 0 Å². The molecule has 1 unspecified atom stereocenters. The maximum Gasteiger partial charge on any atom is 0.230 e. The number of hydrogen-bond acceptors (Lipinski definition) is 5. The van der Waals surface area contributed by atoms with Gasteiger partial charge in [-0.1, -0.05) is 59.8 Å². The molecule has 150 valence electrons. The van der Waals surface area contributed by atoms with Gasteiger partial charge in [0.2, 0.25) is 5.91 Å². The van der Waals surface area contributed by atoms with Crippen LogP contribution in [0.4, 0.5) is 0 Å². The van der Waals surface area contributed by atoms with Gasteiger partial charge in [-0.3, -0.25) is 9.36 Å². The van der Waals surface area contributed by atoms with E-state index in [1.54, 1.807) is 0 Å². The van der Waals surface area contributed by atoms with Crippen LogP contribution in [0, 0.1) is 6.92 Å². The number of ether oxygens (including phenoxy) is 1. The molecule has 2 heterocycles. The Bertz CT molecular complexity index is 951. The number of amides is 1. The lowest BCUT2D eigenvalue weighted by atomic mass is 10.2. The average molecular weight is 409 g/mol. The highest BCUT2D eigenvalue weighted by Gasteiger charge is 2.19. The first-order chi connectivity index (χ1) is 14.2. The largest absolute Gasteiger partial charge is 0.376 e. The van der Waals surface area contributed by atoms with Crippen LogP contribution in [-0.4, -0.2) is 45.7 Å².